The predicted molar refractivity (Wildman–Crippen MR) is 116 cm³/mol. The highest BCUT2D eigenvalue weighted by atomic mass is 16.6. The highest BCUT2D eigenvalue weighted by Crippen LogP contribution is 2.18. The zero-order valence-corrected chi connectivity index (χ0v) is 17.4. The first-order valence-corrected chi connectivity index (χ1v) is 9.78. The van der Waals surface area contributed by atoms with Gasteiger partial charge in [0.2, 0.25) is 0 Å². The Morgan fingerprint density at radius 1 is 1.17 bits per heavy atom. The van der Waals surface area contributed by atoms with E-state index < -0.39 is 12.1 Å². The number of rotatable bonds is 10. The summed E-state index contributed by atoms with van der Waals surface area (Å²) in [4.78, 5) is 25.2. The van der Waals surface area contributed by atoms with Gasteiger partial charge in [0, 0.05) is 25.3 Å². The van der Waals surface area contributed by atoms with Crippen LogP contribution in [0.15, 0.2) is 72.5 Å². The lowest BCUT2D eigenvalue weighted by atomic mass is 10.0. The summed E-state index contributed by atoms with van der Waals surface area (Å²) < 4.78 is 5.58. The molecule has 0 unspecified atom stereocenters. The van der Waals surface area contributed by atoms with Gasteiger partial charge in [-0.3, -0.25) is 10.1 Å². The molecule has 1 amide bonds. The average Bonchev–Trinajstić information content (AvgIpc) is 2.70. The largest absolute Gasteiger partial charge is 0.481 e. The van der Waals surface area contributed by atoms with E-state index in [1.807, 2.05) is 32.1 Å². The predicted octanol–water partition coefficient (Wildman–Crippen LogP) is 4.36. The molecule has 1 aliphatic rings. The highest BCUT2D eigenvalue weighted by Gasteiger charge is 2.23. The number of carbonyl (C=O) groups is 2. The molecule has 0 radical (unpaired) electrons. The third-order valence-electron chi connectivity index (χ3n) is 4.65. The van der Waals surface area contributed by atoms with E-state index in [1.165, 1.54) is 0 Å². The number of nitrogens with one attached hydrogen (secondary N) is 1. The van der Waals surface area contributed by atoms with E-state index in [2.05, 4.69) is 23.4 Å². The Balaban J connectivity index is 2.72. The number of hydrogen-bond donors (Lipinski definition) is 2. The first kappa shape index (κ1) is 24.2. The van der Waals surface area contributed by atoms with Gasteiger partial charge in [-0.2, -0.15) is 0 Å². The number of likely N-dealkylation sites (tertiary alicyclic amines) is 1. The highest BCUT2D eigenvalue weighted by molar-refractivity contribution is 5.71. The Hall–Kier alpha value is -2.86. The summed E-state index contributed by atoms with van der Waals surface area (Å²) >= 11 is 0. The van der Waals surface area contributed by atoms with Gasteiger partial charge in [0.15, 0.2) is 0 Å². The normalized spacial score (nSPS) is 17.2. The van der Waals surface area contributed by atoms with Gasteiger partial charge in [0.1, 0.15) is 6.10 Å². The van der Waals surface area contributed by atoms with Crippen LogP contribution in [0.1, 0.15) is 33.1 Å². The number of aliphatic carboxylic acids is 1. The molecule has 0 aromatic carbocycles. The van der Waals surface area contributed by atoms with Crippen LogP contribution in [-0.2, 0) is 9.53 Å². The smallest absolute Gasteiger partial charge is 0.411 e. The average molecular weight is 401 g/mol. The number of alkyl carbamates (subject to hydrolysis) is 1. The summed E-state index contributed by atoms with van der Waals surface area (Å²) in [5.74, 6) is -0.798. The van der Waals surface area contributed by atoms with Crippen molar-refractivity contribution in [1.82, 2.24) is 10.2 Å². The molecule has 0 atom stereocenters. The van der Waals surface area contributed by atoms with Crippen LogP contribution in [0.5, 0.6) is 0 Å². The van der Waals surface area contributed by atoms with Gasteiger partial charge in [-0.05, 0) is 43.9 Å². The molecule has 6 nitrogen and oxygen atoms in total. The molecule has 6 heteroatoms. The number of carboxylic acid groups (broad SMARTS) is 1. The molecule has 29 heavy (non-hydrogen) atoms. The van der Waals surface area contributed by atoms with Crippen molar-refractivity contribution < 1.29 is 19.4 Å². The molecule has 158 valence electrons. The number of amides is 1. The summed E-state index contributed by atoms with van der Waals surface area (Å²) in [5, 5.41) is 11.6. The van der Waals surface area contributed by atoms with Gasteiger partial charge in [-0.25, -0.2) is 4.79 Å². The summed E-state index contributed by atoms with van der Waals surface area (Å²) in [6.07, 6.45) is 13.4. The molecule has 1 rings (SSSR count). The maximum Gasteiger partial charge on any atom is 0.411 e. The summed E-state index contributed by atoms with van der Waals surface area (Å²) in [5.41, 5.74) is 2.49. The maximum absolute atomic E-state index is 12.4. The van der Waals surface area contributed by atoms with Crippen molar-refractivity contribution in [2.24, 2.45) is 0 Å². The van der Waals surface area contributed by atoms with Crippen LogP contribution in [0.4, 0.5) is 4.79 Å². The second kappa shape index (κ2) is 13.3. The van der Waals surface area contributed by atoms with Crippen molar-refractivity contribution in [1.29, 1.82) is 0 Å². The fourth-order valence-corrected chi connectivity index (χ4v) is 2.98. The molecule has 2 N–H and O–H groups in total. The summed E-state index contributed by atoms with van der Waals surface area (Å²) in [6.45, 7) is 13.2. The van der Waals surface area contributed by atoms with E-state index in [-0.39, 0.29) is 12.5 Å². The standard InChI is InChI=1S/C23H32N2O4/c1-5-8-10-19(7-3)18(4)21(11-9-6-2)24-23(28)29-20-12-15-25(16-13-20)17-14-22(26)27/h5-11,20H,1-2,12-17H2,3-4H3,(H,24,28)(H,26,27)/b10-8-,11-9-,19-7?,21-18-. The van der Waals surface area contributed by atoms with Crippen molar-refractivity contribution >= 4 is 12.1 Å². The fourth-order valence-electron chi connectivity index (χ4n) is 2.98. The van der Waals surface area contributed by atoms with E-state index in [0.29, 0.717) is 25.1 Å². The molecule has 0 bridgehead atoms. The SMILES string of the molecule is C=C/C=C\C(=CC)/C(C)=C(/C=C\C=C)NC(=O)OC1CCN(CCC(=O)O)CC1. The van der Waals surface area contributed by atoms with E-state index in [9.17, 15) is 9.59 Å². The third kappa shape index (κ3) is 9.25. The molecule has 0 aromatic heterocycles. The quantitative estimate of drug-likeness (QED) is 0.533. The van der Waals surface area contributed by atoms with Crippen LogP contribution >= 0.6 is 0 Å². The topological polar surface area (TPSA) is 78.9 Å². The number of carboxylic acids is 1. The second-order valence-electron chi connectivity index (χ2n) is 6.69. The van der Waals surface area contributed by atoms with Crippen molar-refractivity contribution in [2.45, 2.75) is 39.2 Å². The van der Waals surface area contributed by atoms with Crippen LogP contribution in [0.2, 0.25) is 0 Å². The van der Waals surface area contributed by atoms with E-state index in [1.54, 1.807) is 24.3 Å². The van der Waals surface area contributed by atoms with E-state index in [4.69, 9.17) is 9.84 Å². The number of carbonyl (C=O) groups excluding carboxylic acids is 1. The number of allylic oxidation sites excluding steroid dienone is 9. The van der Waals surface area contributed by atoms with Crippen LogP contribution in [0.25, 0.3) is 0 Å². The zero-order chi connectivity index (χ0) is 21.6. The minimum atomic E-state index is -0.798. The van der Waals surface area contributed by atoms with Crippen molar-refractivity contribution in [2.75, 3.05) is 19.6 Å². The number of piperidine rings is 1. The fraction of sp³-hybridized carbons (Fsp3) is 0.391. The third-order valence-corrected chi connectivity index (χ3v) is 4.65. The Kier molecular flexibility index (Phi) is 11.1. The molecule has 0 spiro atoms. The number of ether oxygens (including phenoxy) is 1. The molecule has 1 heterocycles. The van der Waals surface area contributed by atoms with Gasteiger partial charge in [-0.15, -0.1) is 0 Å². The first-order chi connectivity index (χ1) is 13.9. The van der Waals surface area contributed by atoms with Gasteiger partial charge in [0.25, 0.3) is 0 Å². The summed E-state index contributed by atoms with van der Waals surface area (Å²) in [7, 11) is 0. The Bertz CT molecular complexity index is 708. The van der Waals surface area contributed by atoms with Gasteiger partial charge in [0.05, 0.1) is 6.42 Å². The Morgan fingerprint density at radius 2 is 1.79 bits per heavy atom. The monoisotopic (exact) mass is 400 g/mol. The van der Waals surface area contributed by atoms with Crippen LogP contribution in [0, 0.1) is 0 Å². The minimum Gasteiger partial charge on any atom is -0.481 e. The van der Waals surface area contributed by atoms with Crippen molar-refractivity contribution in [3.05, 3.63) is 72.5 Å². The lowest BCUT2D eigenvalue weighted by Gasteiger charge is -2.31. The Labute approximate surface area is 173 Å². The molecule has 1 aliphatic heterocycles. The number of hydrogen-bond acceptors (Lipinski definition) is 4. The van der Waals surface area contributed by atoms with Crippen LogP contribution in [-0.4, -0.2) is 47.8 Å². The second-order valence-corrected chi connectivity index (χ2v) is 6.69. The van der Waals surface area contributed by atoms with E-state index in [0.717, 1.165) is 24.2 Å². The zero-order valence-electron chi connectivity index (χ0n) is 17.4. The number of nitrogens with zero attached hydrogens (tertiary/aromatic N) is 1. The van der Waals surface area contributed by atoms with Crippen LogP contribution < -0.4 is 5.32 Å². The molecule has 1 fully saturated rings. The van der Waals surface area contributed by atoms with Gasteiger partial charge < -0.3 is 14.7 Å². The lowest BCUT2D eigenvalue weighted by molar-refractivity contribution is -0.137. The van der Waals surface area contributed by atoms with E-state index >= 15 is 0 Å². The van der Waals surface area contributed by atoms with Crippen molar-refractivity contribution in [3.63, 3.8) is 0 Å². The van der Waals surface area contributed by atoms with Crippen molar-refractivity contribution in [3.8, 4) is 0 Å². The molecular weight excluding hydrogens is 368 g/mol. The molecule has 0 saturated carbocycles. The minimum absolute atomic E-state index is 0.128. The molecular formula is C23H32N2O4. The summed E-state index contributed by atoms with van der Waals surface area (Å²) in [6, 6.07) is 0. The maximum atomic E-state index is 12.4. The molecule has 0 aromatic rings. The first-order valence-electron chi connectivity index (χ1n) is 9.78. The molecule has 0 aliphatic carbocycles. The Morgan fingerprint density at radius 3 is 2.34 bits per heavy atom. The van der Waals surface area contributed by atoms with Gasteiger partial charge >= 0.3 is 12.1 Å². The molecule has 1 saturated heterocycles. The lowest BCUT2D eigenvalue weighted by Crippen LogP contribution is -2.40. The van der Waals surface area contributed by atoms with Crippen LogP contribution in [0.3, 0.4) is 0 Å². The van der Waals surface area contributed by atoms with Gasteiger partial charge in [-0.1, -0.05) is 49.6 Å².